The first-order valence-electron chi connectivity index (χ1n) is 5.22. The first-order chi connectivity index (χ1) is 7.68. The van der Waals surface area contributed by atoms with E-state index in [0.29, 0.717) is 18.4 Å². The van der Waals surface area contributed by atoms with Crippen LogP contribution in [0, 0.1) is 5.82 Å². The molecule has 0 radical (unpaired) electrons. The second kappa shape index (κ2) is 6.34. The van der Waals surface area contributed by atoms with Crippen LogP contribution in [0.2, 0.25) is 5.02 Å². The molecule has 2 rings (SSSR count). The highest BCUT2D eigenvalue weighted by Gasteiger charge is 2.13. The van der Waals surface area contributed by atoms with Crippen LogP contribution in [0.5, 0.6) is 0 Å². The van der Waals surface area contributed by atoms with E-state index in [-0.39, 0.29) is 23.3 Å². The predicted molar refractivity (Wildman–Crippen MR) is 68.8 cm³/mol. The van der Waals surface area contributed by atoms with E-state index in [9.17, 15) is 8.78 Å². The van der Waals surface area contributed by atoms with E-state index in [4.69, 9.17) is 11.6 Å². The van der Waals surface area contributed by atoms with Gasteiger partial charge in [-0.2, -0.15) is 0 Å². The zero-order valence-electron chi connectivity index (χ0n) is 9.10. The van der Waals surface area contributed by atoms with Gasteiger partial charge in [0, 0.05) is 5.56 Å². The van der Waals surface area contributed by atoms with Crippen LogP contribution in [0.15, 0.2) is 23.8 Å². The summed E-state index contributed by atoms with van der Waals surface area (Å²) in [6.45, 7) is 1.58. The molecule has 0 amide bonds. The average molecular weight is 280 g/mol. The van der Waals surface area contributed by atoms with E-state index in [1.807, 2.05) is 0 Å². The van der Waals surface area contributed by atoms with E-state index in [1.54, 1.807) is 0 Å². The Morgan fingerprint density at radius 3 is 2.47 bits per heavy atom. The molecule has 0 spiro atoms. The summed E-state index contributed by atoms with van der Waals surface area (Å²) in [6, 6.07) is 3.95. The van der Waals surface area contributed by atoms with Gasteiger partial charge in [-0.25, -0.2) is 8.78 Å². The molecule has 1 aromatic carbocycles. The van der Waals surface area contributed by atoms with Crippen molar-refractivity contribution in [3.63, 3.8) is 0 Å². The number of rotatable bonds is 1. The highest BCUT2D eigenvalue weighted by Crippen LogP contribution is 2.28. The molecule has 17 heavy (non-hydrogen) atoms. The van der Waals surface area contributed by atoms with Gasteiger partial charge < -0.3 is 5.32 Å². The van der Waals surface area contributed by atoms with Gasteiger partial charge in [-0.1, -0.05) is 11.6 Å². The Kier molecular flexibility index (Phi) is 5.37. The summed E-state index contributed by atoms with van der Waals surface area (Å²) in [5.74, 6) is -0.781. The van der Waals surface area contributed by atoms with Gasteiger partial charge in [0.15, 0.2) is 0 Å². The van der Waals surface area contributed by atoms with E-state index in [0.717, 1.165) is 18.7 Å². The zero-order valence-corrected chi connectivity index (χ0v) is 10.7. The van der Waals surface area contributed by atoms with Crippen molar-refractivity contribution in [2.75, 3.05) is 13.1 Å². The van der Waals surface area contributed by atoms with Gasteiger partial charge in [0.2, 0.25) is 0 Å². The lowest BCUT2D eigenvalue weighted by Crippen LogP contribution is -2.23. The number of hydrogen-bond acceptors (Lipinski definition) is 1. The molecule has 0 atom stereocenters. The first kappa shape index (κ1) is 14.4. The standard InChI is InChI=1S/C12H12ClF2N.ClH/c13-10-7-9(1-2-11(10)14)12(15)8-3-5-16-6-4-8;/h1-2,7,16H,3-6H2;1H. The highest BCUT2D eigenvalue weighted by atomic mass is 35.5. The lowest BCUT2D eigenvalue weighted by molar-refractivity contribution is 0.595. The largest absolute Gasteiger partial charge is 0.316 e. The molecule has 0 bridgehead atoms. The maximum atomic E-state index is 14.0. The van der Waals surface area contributed by atoms with Crippen molar-refractivity contribution in [1.29, 1.82) is 0 Å². The smallest absolute Gasteiger partial charge is 0.141 e. The topological polar surface area (TPSA) is 12.0 Å². The van der Waals surface area contributed by atoms with Crippen LogP contribution >= 0.6 is 24.0 Å². The molecule has 0 aliphatic carbocycles. The Hall–Kier alpha value is -0.640. The van der Waals surface area contributed by atoms with Crippen LogP contribution in [0.4, 0.5) is 8.78 Å². The summed E-state index contributed by atoms with van der Waals surface area (Å²) in [7, 11) is 0. The third-order valence-corrected chi connectivity index (χ3v) is 2.98. The van der Waals surface area contributed by atoms with Crippen molar-refractivity contribution in [3.8, 4) is 0 Å². The molecule has 1 aromatic rings. The van der Waals surface area contributed by atoms with Crippen LogP contribution < -0.4 is 5.32 Å². The molecule has 5 heteroatoms. The molecule has 1 aliphatic heterocycles. The fraction of sp³-hybridized carbons (Fsp3) is 0.333. The van der Waals surface area contributed by atoms with Crippen molar-refractivity contribution in [2.45, 2.75) is 12.8 Å². The fourth-order valence-electron chi connectivity index (χ4n) is 1.78. The Balaban J connectivity index is 0.00000144. The van der Waals surface area contributed by atoms with Gasteiger partial charge in [0.05, 0.1) is 5.02 Å². The molecule has 1 saturated heterocycles. The van der Waals surface area contributed by atoms with Crippen LogP contribution in [0.3, 0.4) is 0 Å². The monoisotopic (exact) mass is 279 g/mol. The van der Waals surface area contributed by atoms with Crippen molar-refractivity contribution < 1.29 is 8.78 Å². The van der Waals surface area contributed by atoms with Crippen LogP contribution in [0.1, 0.15) is 18.4 Å². The maximum Gasteiger partial charge on any atom is 0.141 e. The van der Waals surface area contributed by atoms with E-state index in [1.165, 1.54) is 18.2 Å². The third-order valence-electron chi connectivity index (χ3n) is 2.69. The van der Waals surface area contributed by atoms with Crippen molar-refractivity contribution in [1.82, 2.24) is 5.32 Å². The molecule has 94 valence electrons. The second-order valence-electron chi connectivity index (χ2n) is 3.80. The predicted octanol–water partition coefficient (Wildman–Crippen LogP) is 3.96. The summed E-state index contributed by atoms with van der Waals surface area (Å²) in [4.78, 5) is 0. The minimum absolute atomic E-state index is 0. The minimum Gasteiger partial charge on any atom is -0.316 e. The van der Waals surface area contributed by atoms with Crippen molar-refractivity contribution >= 4 is 29.8 Å². The number of nitrogens with one attached hydrogen (secondary N) is 1. The Bertz CT molecular complexity index is 425. The number of piperidine rings is 1. The molecule has 1 aliphatic rings. The summed E-state index contributed by atoms with van der Waals surface area (Å²) < 4.78 is 26.9. The number of hydrogen-bond donors (Lipinski definition) is 1. The number of benzene rings is 1. The summed E-state index contributed by atoms with van der Waals surface area (Å²) in [6.07, 6.45) is 1.39. The summed E-state index contributed by atoms with van der Waals surface area (Å²) in [5.41, 5.74) is 1.14. The first-order valence-corrected chi connectivity index (χ1v) is 5.60. The molecule has 0 saturated carbocycles. The molecular weight excluding hydrogens is 267 g/mol. The van der Waals surface area contributed by atoms with E-state index in [2.05, 4.69) is 5.32 Å². The molecule has 1 nitrogen and oxygen atoms in total. The SMILES string of the molecule is Cl.FC(=C1CCNCC1)c1ccc(F)c(Cl)c1. The average Bonchev–Trinajstić information content (AvgIpc) is 2.33. The lowest BCUT2D eigenvalue weighted by Gasteiger charge is -2.16. The maximum absolute atomic E-state index is 14.0. The summed E-state index contributed by atoms with van der Waals surface area (Å²) in [5, 5.41) is 3.12. The van der Waals surface area contributed by atoms with Crippen LogP contribution in [-0.4, -0.2) is 13.1 Å². The van der Waals surface area contributed by atoms with Crippen LogP contribution in [-0.2, 0) is 0 Å². The normalized spacial score (nSPS) is 15.4. The van der Waals surface area contributed by atoms with Gasteiger partial charge in [-0.3, -0.25) is 0 Å². The molecule has 1 N–H and O–H groups in total. The van der Waals surface area contributed by atoms with Gasteiger partial charge >= 0.3 is 0 Å². The van der Waals surface area contributed by atoms with Gasteiger partial charge in [-0.15, -0.1) is 12.4 Å². The van der Waals surface area contributed by atoms with Crippen molar-refractivity contribution in [2.24, 2.45) is 0 Å². The second-order valence-corrected chi connectivity index (χ2v) is 4.20. The third kappa shape index (κ3) is 3.41. The highest BCUT2D eigenvalue weighted by molar-refractivity contribution is 6.30. The van der Waals surface area contributed by atoms with E-state index < -0.39 is 5.82 Å². The fourth-order valence-corrected chi connectivity index (χ4v) is 1.97. The van der Waals surface area contributed by atoms with Crippen molar-refractivity contribution in [3.05, 3.63) is 40.2 Å². The Labute approximate surface area is 110 Å². The molecular formula is C12H13Cl2F2N. The van der Waals surface area contributed by atoms with Crippen LogP contribution in [0.25, 0.3) is 5.83 Å². The van der Waals surface area contributed by atoms with E-state index >= 15 is 0 Å². The minimum atomic E-state index is -0.520. The Morgan fingerprint density at radius 1 is 1.24 bits per heavy atom. The Morgan fingerprint density at radius 2 is 1.88 bits per heavy atom. The molecule has 0 aromatic heterocycles. The van der Waals surface area contributed by atoms with Gasteiger partial charge in [0.1, 0.15) is 11.6 Å². The molecule has 0 unspecified atom stereocenters. The lowest BCUT2D eigenvalue weighted by atomic mass is 10.0. The zero-order chi connectivity index (χ0) is 11.5. The van der Waals surface area contributed by atoms with Gasteiger partial charge in [-0.05, 0) is 49.7 Å². The van der Waals surface area contributed by atoms with Gasteiger partial charge in [0.25, 0.3) is 0 Å². The molecule has 1 heterocycles. The number of halogens is 4. The summed E-state index contributed by atoms with van der Waals surface area (Å²) >= 11 is 5.62. The quantitative estimate of drug-likeness (QED) is 0.821. The molecule has 1 fully saturated rings.